The molecule has 0 bridgehead atoms. The Hall–Kier alpha value is -2.66. The van der Waals surface area contributed by atoms with Crippen LogP contribution in [0.15, 0.2) is 54.6 Å². The molecule has 1 saturated heterocycles. The zero-order valence-corrected chi connectivity index (χ0v) is 14.8. The maximum Gasteiger partial charge on any atom is 0.260 e. The molecule has 2 aromatic rings. The fraction of sp³-hybridized carbons (Fsp3) is 0.333. The van der Waals surface area contributed by atoms with Gasteiger partial charge in [0.1, 0.15) is 5.75 Å². The van der Waals surface area contributed by atoms with Gasteiger partial charge in [0.25, 0.3) is 5.91 Å². The van der Waals surface area contributed by atoms with Crippen molar-refractivity contribution in [1.82, 2.24) is 9.80 Å². The first-order chi connectivity index (χ1) is 12.8. The minimum absolute atomic E-state index is 0.0349. The van der Waals surface area contributed by atoms with Crippen molar-refractivity contribution in [2.45, 2.75) is 13.0 Å². The molecular formula is C21H24N2O3. The van der Waals surface area contributed by atoms with Gasteiger partial charge in [0, 0.05) is 32.7 Å². The van der Waals surface area contributed by atoms with Gasteiger partial charge in [-0.25, -0.2) is 0 Å². The first-order valence-electron chi connectivity index (χ1n) is 8.97. The van der Waals surface area contributed by atoms with Crippen molar-refractivity contribution in [2.75, 3.05) is 32.8 Å². The van der Waals surface area contributed by atoms with Gasteiger partial charge in [0.2, 0.25) is 0 Å². The number of para-hydroxylation sites is 1. The molecule has 0 unspecified atom stereocenters. The summed E-state index contributed by atoms with van der Waals surface area (Å²) in [5.41, 5.74) is 1.76. The van der Waals surface area contributed by atoms with Crippen molar-refractivity contribution in [3.8, 4) is 5.75 Å². The van der Waals surface area contributed by atoms with Crippen molar-refractivity contribution >= 4 is 12.2 Å². The molecule has 136 valence electrons. The van der Waals surface area contributed by atoms with E-state index in [1.54, 1.807) is 24.3 Å². The van der Waals surface area contributed by atoms with Gasteiger partial charge in [0.15, 0.2) is 12.9 Å². The van der Waals surface area contributed by atoms with Gasteiger partial charge in [-0.3, -0.25) is 14.5 Å². The minimum Gasteiger partial charge on any atom is -0.483 e. The number of hydrogen-bond donors (Lipinski definition) is 0. The first-order valence-corrected chi connectivity index (χ1v) is 8.97. The lowest BCUT2D eigenvalue weighted by atomic mass is 10.2. The molecule has 3 rings (SSSR count). The molecule has 5 heteroatoms. The number of ether oxygens (including phenoxy) is 1. The second-order valence-corrected chi connectivity index (χ2v) is 6.44. The van der Waals surface area contributed by atoms with Crippen LogP contribution in [0.5, 0.6) is 5.75 Å². The summed E-state index contributed by atoms with van der Waals surface area (Å²) < 4.78 is 5.57. The summed E-state index contributed by atoms with van der Waals surface area (Å²) in [6.45, 7) is 4.14. The van der Waals surface area contributed by atoms with Crippen LogP contribution in [0.2, 0.25) is 0 Å². The summed E-state index contributed by atoms with van der Waals surface area (Å²) in [6, 6.07) is 17.3. The van der Waals surface area contributed by atoms with E-state index in [9.17, 15) is 9.59 Å². The van der Waals surface area contributed by atoms with Crippen LogP contribution in [0.4, 0.5) is 0 Å². The lowest BCUT2D eigenvalue weighted by molar-refractivity contribution is -0.133. The Bertz CT molecular complexity index is 733. The van der Waals surface area contributed by atoms with Gasteiger partial charge in [-0.1, -0.05) is 42.5 Å². The molecule has 0 N–H and O–H groups in total. The number of nitrogens with zero attached hydrogens (tertiary/aromatic N) is 2. The highest BCUT2D eigenvalue weighted by molar-refractivity contribution is 5.80. The van der Waals surface area contributed by atoms with Gasteiger partial charge >= 0.3 is 0 Å². The van der Waals surface area contributed by atoms with Crippen molar-refractivity contribution < 1.29 is 14.3 Å². The molecule has 1 aliphatic heterocycles. The zero-order chi connectivity index (χ0) is 18.2. The van der Waals surface area contributed by atoms with Crippen molar-refractivity contribution in [3.05, 3.63) is 65.7 Å². The highest BCUT2D eigenvalue weighted by Gasteiger charge is 2.19. The van der Waals surface area contributed by atoms with Crippen LogP contribution in [-0.4, -0.2) is 54.8 Å². The SMILES string of the molecule is O=Cc1ccccc1OCC(=O)N1CCCN(Cc2ccccc2)CC1. The van der Waals surface area contributed by atoms with Crippen LogP contribution in [0.1, 0.15) is 22.3 Å². The third-order valence-electron chi connectivity index (χ3n) is 4.59. The molecule has 1 amide bonds. The second kappa shape index (κ2) is 9.15. The summed E-state index contributed by atoms with van der Waals surface area (Å²) in [4.78, 5) is 27.7. The summed E-state index contributed by atoms with van der Waals surface area (Å²) in [7, 11) is 0. The molecule has 1 aliphatic rings. The van der Waals surface area contributed by atoms with E-state index < -0.39 is 0 Å². The normalized spacial score (nSPS) is 15.3. The van der Waals surface area contributed by atoms with E-state index in [-0.39, 0.29) is 12.5 Å². The minimum atomic E-state index is -0.0382. The molecule has 5 nitrogen and oxygen atoms in total. The second-order valence-electron chi connectivity index (χ2n) is 6.44. The maximum atomic E-state index is 12.5. The van der Waals surface area contributed by atoms with Crippen LogP contribution in [-0.2, 0) is 11.3 Å². The Morgan fingerprint density at radius 1 is 0.962 bits per heavy atom. The van der Waals surface area contributed by atoms with Crippen LogP contribution < -0.4 is 4.74 Å². The molecular weight excluding hydrogens is 328 g/mol. The number of hydrogen-bond acceptors (Lipinski definition) is 4. The van der Waals surface area contributed by atoms with Gasteiger partial charge in [-0.05, 0) is 24.1 Å². The van der Waals surface area contributed by atoms with E-state index in [2.05, 4.69) is 29.2 Å². The van der Waals surface area contributed by atoms with Crippen molar-refractivity contribution in [1.29, 1.82) is 0 Å². The third kappa shape index (κ3) is 4.92. The molecule has 2 aromatic carbocycles. The van der Waals surface area contributed by atoms with Crippen LogP contribution in [0.25, 0.3) is 0 Å². The highest BCUT2D eigenvalue weighted by atomic mass is 16.5. The summed E-state index contributed by atoms with van der Waals surface area (Å²) in [5, 5.41) is 0. The van der Waals surface area contributed by atoms with E-state index in [0.29, 0.717) is 17.9 Å². The predicted octanol–water partition coefficient (Wildman–Crippen LogP) is 2.61. The van der Waals surface area contributed by atoms with E-state index in [1.165, 1.54) is 5.56 Å². The lowest BCUT2D eigenvalue weighted by Crippen LogP contribution is -2.38. The summed E-state index contributed by atoms with van der Waals surface area (Å²) in [5.74, 6) is 0.420. The number of carbonyl (C=O) groups excluding carboxylic acids is 2. The molecule has 0 aromatic heterocycles. The molecule has 1 heterocycles. The number of benzene rings is 2. The van der Waals surface area contributed by atoms with Gasteiger partial charge in [-0.2, -0.15) is 0 Å². The topological polar surface area (TPSA) is 49.9 Å². The quantitative estimate of drug-likeness (QED) is 0.750. The highest BCUT2D eigenvalue weighted by Crippen LogP contribution is 2.16. The van der Waals surface area contributed by atoms with E-state index >= 15 is 0 Å². The molecule has 0 atom stereocenters. The van der Waals surface area contributed by atoms with E-state index in [4.69, 9.17) is 4.74 Å². The van der Waals surface area contributed by atoms with Gasteiger partial charge in [0.05, 0.1) is 5.56 Å². The number of amides is 1. The maximum absolute atomic E-state index is 12.5. The Morgan fingerprint density at radius 2 is 1.73 bits per heavy atom. The number of rotatable bonds is 6. The average molecular weight is 352 g/mol. The largest absolute Gasteiger partial charge is 0.483 e. The predicted molar refractivity (Wildman–Crippen MR) is 100 cm³/mol. The standard InChI is InChI=1S/C21H24N2O3/c24-16-19-9-4-5-10-20(19)26-17-21(25)23-12-6-11-22(13-14-23)15-18-7-2-1-3-8-18/h1-5,7-10,16H,6,11-15,17H2. The first kappa shape index (κ1) is 18.1. The fourth-order valence-electron chi connectivity index (χ4n) is 3.16. The number of aldehydes is 1. The zero-order valence-electron chi connectivity index (χ0n) is 14.8. The van der Waals surface area contributed by atoms with Crippen molar-refractivity contribution in [2.24, 2.45) is 0 Å². The Morgan fingerprint density at radius 3 is 2.54 bits per heavy atom. The van der Waals surface area contributed by atoms with Crippen molar-refractivity contribution in [3.63, 3.8) is 0 Å². The monoisotopic (exact) mass is 352 g/mol. The molecule has 0 radical (unpaired) electrons. The van der Waals surface area contributed by atoms with Gasteiger partial charge in [-0.15, -0.1) is 0 Å². The molecule has 1 fully saturated rings. The number of carbonyl (C=O) groups is 2. The Kier molecular flexibility index (Phi) is 6.39. The van der Waals surface area contributed by atoms with Crippen LogP contribution in [0.3, 0.4) is 0 Å². The molecule has 0 saturated carbocycles. The van der Waals surface area contributed by atoms with E-state index in [0.717, 1.165) is 38.9 Å². The van der Waals surface area contributed by atoms with Gasteiger partial charge < -0.3 is 9.64 Å². The molecule has 0 aliphatic carbocycles. The fourth-order valence-corrected chi connectivity index (χ4v) is 3.16. The summed E-state index contributed by atoms with van der Waals surface area (Å²) in [6.07, 6.45) is 1.69. The Balaban J connectivity index is 1.50. The smallest absolute Gasteiger partial charge is 0.260 e. The lowest BCUT2D eigenvalue weighted by Gasteiger charge is -2.22. The molecule has 0 spiro atoms. The average Bonchev–Trinajstić information content (AvgIpc) is 2.93. The Labute approximate surface area is 154 Å². The summed E-state index contributed by atoms with van der Waals surface area (Å²) >= 11 is 0. The van der Waals surface area contributed by atoms with Crippen LogP contribution >= 0.6 is 0 Å². The van der Waals surface area contributed by atoms with Crippen LogP contribution in [0, 0.1) is 0 Å². The third-order valence-corrected chi connectivity index (χ3v) is 4.59. The van der Waals surface area contributed by atoms with E-state index in [1.807, 2.05) is 11.0 Å². The molecule has 26 heavy (non-hydrogen) atoms.